The molecule has 1 saturated heterocycles. The van der Waals surface area contributed by atoms with E-state index >= 15 is 0 Å². The van der Waals surface area contributed by atoms with Crippen molar-refractivity contribution in [1.29, 1.82) is 0 Å². The molecule has 2 aliphatic rings. The highest BCUT2D eigenvalue weighted by Crippen LogP contribution is 2.31. The van der Waals surface area contributed by atoms with Gasteiger partial charge < -0.3 is 39.7 Å². The van der Waals surface area contributed by atoms with Crippen LogP contribution >= 0.6 is 0 Å². The fourth-order valence-electron chi connectivity index (χ4n) is 6.08. The summed E-state index contributed by atoms with van der Waals surface area (Å²) >= 11 is 0. The summed E-state index contributed by atoms with van der Waals surface area (Å²) in [4.78, 5) is 39.9. The van der Waals surface area contributed by atoms with Crippen LogP contribution in [0.15, 0.2) is 36.0 Å². The maximum Gasteiger partial charge on any atom is 0.410 e. The van der Waals surface area contributed by atoms with E-state index in [1.165, 1.54) is 6.92 Å². The molecule has 2 rings (SSSR count). The van der Waals surface area contributed by atoms with Crippen LogP contribution in [0.4, 0.5) is 4.79 Å². The first kappa shape index (κ1) is 40.4. The lowest BCUT2D eigenvalue weighted by Gasteiger charge is -2.38. The molecule has 0 aromatic carbocycles. The number of aliphatic hydroxyl groups excluding tert-OH is 3. The van der Waals surface area contributed by atoms with E-state index in [0.717, 1.165) is 5.57 Å². The summed E-state index contributed by atoms with van der Waals surface area (Å²) in [5.74, 6) is -1.48. The van der Waals surface area contributed by atoms with Crippen LogP contribution in [0, 0.1) is 23.7 Å². The van der Waals surface area contributed by atoms with Gasteiger partial charge in [-0.3, -0.25) is 9.59 Å². The van der Waals surface area contributed by atoms with Gasteiger partial charge in [0.15, 0.2) is 11.7 Å². The number of carbonyl (C=O) groups is 3. The number of nitrogens with zero attached hydrogens (tertiary/aromatic N) is 1. The highest BCUT2D eigenvalue weighted by atomic mass is 16.6. The average molecular weight is 665 g/mol. The molecule has 268 valence electrons. The number of esters is 2. The lowest BCUT2D eigenvalue weighted by molar-refractivity contribution is -0.158. The first-order valence-electron chi connectivity index (χ1n) is 17.2. The van der Waals surface area contributed by atoms with Crippen molar-refractivity contribution in [3.8, 4) is 0 Å². The molecule has 0 bridgehead atoms. The normalized spacial score (nSPS) is 30.6. The van der Waals surface area contributed by atoms with Crippen molar-refractivity contribution in [2.24, 2.45) is 23.7 Å². The maximum atomic E-state index is 13.2. The minimum Gasteiger partial charge on any atom is -0.457 e. The van der Waals surface area contributed by atoms with Gasteiger partial charge in [-0.25, -0.2) is 4.79 Å². The summed E-state index contributed by atoms with van der Waals surface area (Å²) in [7, 11) is 0. The molecule has 10 atom stereocenters. The Morgan fingerprint density at radius 3 is 2.38 bits per heavy atom. The highest BCUT2D eigenvalue weighted by Gasteiger charge is 2.41. The molecule has 2 heterocycles. The highest BCUT2D eigenvalue weighted by molar-refractivity contribution is 5.71. The number of nitrogens with one attached hydrogen (secondary N) is 1. The van der Waals surface area contributed by atoms with Crippen molar-refractivity contribution in [2.75, 3.05) is 26.2 Å². The molecule has 0 unspecified atom stereocenters. The number of hydrogen-bond donors (Lipinski definition) is 4. The second kappa shape index (κ2) is 19.3. The number of ether oxygens (including phenoxy) is 3. The van der Waals surface area contributed by atoms with Crippen LogP contribution in [-0.2, 0) is 23.8 Å². The van der Waals surface area contributed by atoms with Gasteiger partial charge in [0.05, 0.1) is 24.7 Å². The number of hydrogen-bond acceptors (Lipinski definition) is 10. The summed E-state index contributed by atoms with van der Waals surface area (Å²) in [6, 6.07) is 0. The van der Waals surface area contributed by atoms with Gasteiger partial charge >= 0.3 is 18.0 Å². The van der Waals surface area contributed by atoms with Crippen LogP contribution in [0.1, 0.15) is 87.5 Å². The standard InChI is InChI=1S/C36H60N2O9/c1-9-30(41)26(5)27(6)31(42)21-23(2)11-10-12-24(3)34-25(4)13-14-32(45-28(7)39)36(8,16-15-29(40)22-33(43)46-34)47-35(44)38-19-17-37-18-20-38/h10-14,23,25-27,29-32,34,37,40-42H,9,15-22H2,1-8H3/b11-10+,14-13+,24-12+/t23-,25+,26+,27-,29-,30+,31-,32+,34-,36-/m1/s1. The van der Waals surface area contributed by atoms with E-state index in [0.29, 0.717) is 39.0 Å². The Morgan fingerprint density at radius 1 is 1.13 bits per heavy atom. The first-order chi connectivity index (χ1) is 22.1. The molecular formula is C36H60N2O9. The van der Waals surface area contributed by atoms with E-state index < -0.39 is 54.2 Å². The van der Waals surface area contributed by atoms with Crippen molar-refractivity contribution in [2.45, 2.75) is 124 Å². The Labute approximate surface area is 281 Å². The number of aliphatic hydroxyl groups is 3. The minimum absolute atomic E-state index is 0.0188. The number of rotatable bonds is 11. The van der Waals surface area contributed by atoms with Gasteiger partial charge in [-0.05, 0) is 68.9 Å². The van der Waals surface area contributed by atoms with Crippen molar-refractivity contribution in [3.63, 3.8) is 0 Å². The molecule has 47 heavy (non-hydrogen) atoms. The van der Waals surface area contributed by atoms with Crippen LogP contribution in [0.3, 0.4) is 0 Å². The predicted molar refractivity (Wildman–Crippen MR) is 180 cm³/mol. The second-order valence-corrected chi connectivity index (χ2v) is 13.8. The summed E-state index contributed by atoms with van der Waals surface area (Å²) in [5.41, 5.74) is -0.544. The zero-order valence-corrected chi connectivity index (χ0v) is 29.7. The molecule has 0 spiro atoms. The summed E-state index contributed by atoms with van der Waals surface area (Å²) in [5, 5.41) is 34.9. The summed E-state index contributed by atoms with van der Waals surface area (Å²) in [6.07, 6.45) is 6.17. The molecule has 0 radical (unpaired) electrons. The first-order valence-corrected chi connectivity index (χ1v) is 17.2. The Balaban J connectivity index is 2.29. The van der Waals surface area contributed by atoms with E-state index in [1.54, 1.807) is 24.0 Å². The quantitative estimate of drug-likeness (QED) is 0.109. The molecular weight excluding hydrogens is 604 g/mol. The van der Waals surface area contributed by atoms with Gasteiger partial charge in [0.2, 0.25) is 0 Å². The van der Waals surface area contributed by atoms with Crippen LogP contribution < -0.4 is 5.32 Å². The van der Waals surface area contributed by atoms with E-state index in [4.69, 9.17) is 14.2 Å². The molecule has 0 aromatic heterocycles. The average Bonchev–Trinajstić information content (AvgIpc) is 3.02. The molecule has 2 aliphatic heterocycles. The van der Waals surface area contributed by atoms with Crippen LogP contribution in [0.5, 0.6) is 0 Å². The summed E-state index contributed by atoms with van der Waals surface area (Å²) < 4.78 is 17.6. The fraction of sp³-hybridized carbons (Fsp3) is 0.750. The summed E-state index contributed by atoms with van der Waals surface area (Å²) in [6.45, 7) is 16.8. The molecule has 4 N–H and O–H groups in total. The monoisotopic (exact) mass is 664 g/mol. The predicted octanol–water partition coefficient (Wildman–Crippen LogP) is 4.30. The largest absolute Gasteiger partial charge is 0.457 e. The van der Waals surface area contributed by atoms with Crippen molar-refractivity contribution >= 4 is 18.0 Å². The molecule has 0 saturated carbocycles. The van der Waals surface area contributed by atoms with E-state index in [1.807, 2.05) is 59.8 Å². The molecule has 11 nitrogen and oxygen atoms in total. The third-order valence-electron chi connectivity index (χ3n) is 9.61. The minimum atomic E-state index is -1.30. The molecule has 0 aliphatic carbocycles. The Kier molecular flexibility index (Phi) is 16.6. The van der Waals surface area contributed by atoms with Crippen molar-refractivity contribution < 1.29 is 43.9 Å². The number of amides is 1. The van der Waals surface area contributed by atoms with Crippen LogP contribution in [0.2, 0.25) is 0 Å². The maximum absolute atomic E-state index is 13.2. The van der Waals surface area contributed by atoms with Gasteiger partial charge in [0, 0.05) is 39.0 Å². The second-order valence-electron chi connectivity index (χ2n) is 13.8. The van der Waals surface area contributed by atoms with Crippen LogP contribution in [0.25, 0.3) is 0 Å². The Hall–Kier alpha value is -2.73. The molecule has 1 fully saturated rings. The van der Waals surface area contributed by atoms with E-state index in [2.05, 4.69) is 5.32 Å². The molecule has 0 aromatic rings. The van der Waals surface area contributed by atoms with Gasteiger partial charge in [0.1, 0.15) is 6.10 Å². The number of piperazine rings is 1. The third kappa shape index (κ3) is 13.0. The van der Waals surface area contributed by atoms with E-state index in [9.17, 15) is 29.7 Å². The smallest absolute Gasteiger partial charge is 0.410 e. The van der Waals surface area contributed by atoms with E-state index in [-0.39, 0.29) is 42.9 Å². The number of cyclic esters (lactones) is 1. The number of carbonyl (C=O) groups excluding carboxylic acids is 3. The van der Waals surface area contributed by atoms with Gasteiger partial charge in [-0.15, -0.1) is 0 Å². The van der Waals surface area contributed by atoms with Gasteiger partial charge in [-0.1, -0.05) is 58.9 Å². The van der Waals surface area contributed by atoms with Crippen molar-refractivity contribution in [3.05, 3.63) is 36.0 Å². The lowest BCUT2D eigenvalue weighted by atomic mass is 9.82. The molecule has 1 amide bonds. The van der Waals surface area contributed by atoms with Gasteiger partial charge in [0.25, 0.3) is 0 Å². The third-order valence-corrected chi connectivity index (χ3v) is 9.61. The Bertz CT molecular complexity index is 1100. The zero-order chi connectivity index (χ0) is 35.3. The van der Waals surface area contributed by atoms with Crippen LogP contribution in [-0.4, -0.2) is 101 Å². The molecule has 11 heteroatoms. The Morgan fingerprint density at radius 2 is 1.77 bits per heavy atom. The zero-order valence-electron chi connectivity index (χ0n) is 29.7. The number of allylic oxidation sites excluding steroid dienone is 3. The lowest BCUT2D eigenvalue weighted by Crippen LogP contribution is -2.52. The van der Waals surface area contributed by atoms with Crippen molar-refractivity contribution in [1.82, 2.24) is 10.2 Å². The fourth-order valence-corrected chi connectivity index (χ4v) is 6.08. The topological polar surface area (TPSA) is 155 Å². The van der Waals surface area contributed by atoms with Gasteiger partial charge in [-0.2, -0.15) is 0 Å². The SMILES string of the molecule is CC[C@H](O)[C@@H](C)[C@@H](C)[C@H](O)C[C@H](C)/C=C/C=C(\C)[C@H]1OC(=O)C[C@H](O)CC[C@@](C)(OC(=O)N2CCNCC2)[C@@H](OC(C)=O)/C=C/[C@@H]1C.